The van der Waals surface area contributed by atoms with Gasteiger partial charge in [0, 0.05) is 25.3 Å². The van der Waals surface area contributed by atoms with Gasteiger partial charge >= 0.3 is 0 Å². The zero-order chi connectivity index (χ0) is 24.1. The third kappa shape index (κ3) is 5.21. The molecule has 3 aromatic rings. The van der Waals surface area contributed by atoms with Crippen molar-refractivity contribution in [2.24, 2.45) is 5.73 Å². The molecule has 0 saturated heterocycles. The Labute approximate surface area is 199 Å². The van der Waals surface area contributed by atoms with Crippen LogP contribution < -0.4 is 20.5 Å². The molecule has 0 fully saturated rings. The Morgan fingerprint density at radius 2 is 1.59 bits per heavy atom. The van der Waals surface area contributed by atoms with E-state index in [-0.39, 0.29) is 17.0 Å². The highest BCUT2D eigenvalue weighted by Gasteiger charge is 2.19. The molecule has 0 unspecified atom stereocenters. The summed E-state index contributed by atoms with van der Waals surface area (Å²) in [6.07, 6.45) is 1.88. The molecule has 0 radical (unpaired) electrons. The van der Waals surface area contributed by atoms with E-state index in [9.17, 15) is 9.59 Å². The largest absolute Gasteiger partial charge is 0.493 e. The summed E-state index contributed by atoms with van der Waals surface area (Å²) in [5.74, 6) is 0.555. The zero-order valence-corrected chi connectivity index (χ0v) is 19.5. The van der Waals surface area contributed by atoms with E-state index >= 15 is 0 Å². The molecule has 0 atom stereocenters. The summed E-state index contributed by atoms with van der Waals surface area (Å²) in [5, 5.41) is 2.84. The van der Waals surface area contributed by atoms with E-state index < -0.39 is 5.91 Å². The fourth-order valence-electron chi connectivity index (χ4n) is 4.27. The van der Waals surface area contributed by atoms with Gasteiger partial charge in [0.15, 0.2) is 11.5 Å². The van der Waals surface area contributed by atoms with Crippen molar-refractivity contribution in [3.63, 3.8) is 0 Å². The first-order valence-electron chi connectivity index (χ1n) is 11.2. The van der Waals surface area contributed by atoms with E-state index in [1.165, 1.54) is 16.7 Å². The lowest BCUT2D eigenvalue weighted by Gasteiger charge is -2.29. The van der Waals surface area contributed by atoms with Gasteiger partial charge in [-0.3, -0.25) is 14.5 Å². The number of primary amides is 1. The molecule has 0 bridgehead atoms. The Morgan fingerprint density at radius 3 is 2.24 bits per heavy atom. The monoisotopic (exact) mass is 459 g/mol. The summed E-state index contributed by atoms with van der Waals surface area (Å²) in [7, 11) is 3.32. The van der Waals surface area contributed by atoms with E-state index in [1.54, 1.807) is 38.5 Å². The second-order valence-electron chi connectivity index (χ2n) is 8.31. The normalized spacial score (nSPS) is 13.1. The van der Waals surface area contributed by atoms with Crippen LogP contribution in [0.1, 0.15) is 37.4 Å². The zero-order valence-electron chi connectivity index (χ0n) is 19.5. The van der Waals surface area contributed by atoms with Crippen molar-refractivity contribution in [2.45, 2.75) is 19.4 Å². The van der Waals surface area contributed by atoms with Crippen molar-refractivity contribution in [3.05, 3.63) is 88.5 Å². The van der Waals surface area contributed by atoms with Crippen molar-refractivity contribution in [1.29, 1.82) is 0 Å². The molecule has 0 aromatic heterocycles. The van der Waals surface area contributed by atoms with Crippen molar-refractivity contribution >= 4 is 17.5 Å². The number of hydrogen-bond donors (Lipinski definition) is 2. The van der Waals surface area contributed by atoms with Gasteiger partial charge in [0.25, 0.3) is 5.91 Å². The molecule has 3 aromatic carbocycles. The summed E-state index contributed by atoms with van der Waals surface area (Å²) in [4.78, 5) is 26.6. The predicted octanol–water partition coefficient (Wildman–Crippen LogP) is 3.66. The molecule has 7 heteroatoms. The van der Waals surface area contributed by atoms with Crippen LogP contribution in [-0.2, 0) is 19.4 Å². The topological polar surface area (TPSA) is 93.9 Å². The lowest BCUT2D eigenvalue weighted by Crippen LogP contribution is -2.32. The Hall–Kier alpha value is -3.84. The van der Waals surface area contributed by atoms with Crippen LogP contribution in [0.25, 0.3) is 0 Å². The van der Waals surface area contributed by atoms with Crippen LogP contribution >= 0.6 is 0 Å². The van der Waals surface area contributed by atoms with E-state index in [4.69, 9.17) is 15.2 Å². The van der Waals surface area contributed by atoms with Gasteiger partial charge in [-0.2, -0.15) is 0 Å². The number of fused-ring (bicyclic) bond motifs is 1. The number of ether oxygens (including phenoxy) is 2. The van der Waals surface area contributed by atoms with Gasteiger partial charge in [0.2, 0.25) is 5.91 Å². The maximum absolute atomic E-state index is 12.6. The van der Waals surface area contributed by atoms with Crippen molar-refractivity contribution in [1.82, 2.24) is 4.90 Å². The number of nitrogens with two attached hydrogens (primary N) is 1. The van der Waals surface area contributed by atoms with Gasteiger partial charge in [-0.15, -0.1) is 0 Å². The summed E-state index contributed by atoms with van der Waals surface area (Å²) >= 11 is 0. The van der Waals surface area contributed by atoms with E-state index in [2.05, 4.69) is 22.3 Å². The Bertz CT molecular complexity index is 1190. The molecule has 2 amide bonds. The molecular weight excluding hydrogens is 430 g/mol. The number of nitrogens with one attached hydrogen (secondary N) is 1. The number of carbonyl (C=O) groups excluding carboxylic acids is 2. The van der Waals surface area contributed by atoms with Crippen LogP contribution in [0.2, 0.25) is 0 Å². The highest BCUT2D eigenvalue weighted by Crippen LogP contribution is 2.33. The van der Waals surface area contributed by atoms with Crippen molar-refractivity contribution < 1.29 is 19.1 Å². The Kier molecular flexibility index (Phi) is 7.13. The molecule has 7 nitrogen and oxygen atoms in total. The maximum atomic E-state index is 12.6. The molecule has 1 aliphatic rings. The third-order valence-electron chi connectivity index (χ3n) is 6.16. The van der Waals surface area contributed by atoms with Crippen LogP contribution in [0.3, 0.4) is 0 Å². The lowest BCUT2D eigenvalue weighted by molar-refractivity contribution is 0.0977. The number of rotatable bonds is 8. The number of anilines is 1. The van der Waals surface area contributed by atoms with Crippen molar-refractivity contribution in [3.8, 4) is 11.5 Å². The summed E-state index contributed by atoms with van der Waals surface area (Å²) < 4.78 is 10.9. The van der Waals surface area contributed by atoms with Crippen molar-refractivity contribution in [2.75, 3.05) is 32.6 Å². The molecule has 0 spiro atoms. The van der Waals surface area contributed by atoms with Gasteiger partial charge in [-0.05, 0) is 65.9 Å². The first-order chi connectivity index (χ1) is 16.5. The lowest BCUT2D eigenvalue weighted by atomic mass is 9.98. The minimum absolute atomic E-state index is 0.204. The summed E-state index contributed by atoms with van der Waals surface area (Å²) in [6.45, 7) is 2.81. The van der Waals surface area contributed by atoms with Crippen LogP contribution in [-0.4, -0.2) is 44.0 Å². The van der Waals surface area contributed by atoms with Gasteiger partial charge in [0.05, 0.1) is 25.3 Å². The van der Waals surface area contributed by atoms with Gasteiger partial charge in [-0.25, -0.2) is 0 Å². The summed E-state index contributed by atoms with van der Waals surface area (Å²) in [6, 6.07) is 18.5. The van der Waals surface area contributed by atoms with E-state index in [0.29, 0.717) is 5.69 Å². The van der Waals surface area contributed by atoms with Crippen LogP contribution in [0, 0.1) is 0 Å². The number of hydrogen-bond acceptors (Lipinski definition) is 5. The smallest absolute Gasteiger partial charge is 0.256 e. The third-order valence-corrected chi connectivity index (χ3v) is 6.16. The quantitative estimate of drug-likeness (QED) is 0.536. The second-order valence-corrected chi connectivity index (χ2v) is 8.31. The van der Waals surface area contributed by atoms with Gasteiger partial charge < -0.3 is 20.5 Å². The molecule has 3 N–H and O–H groups in total. The number of methoxy groups -OCH3 is 2. The molecule has 0 saturated carbocycles. The average Bonchev–Trinajstić information content (AvgIpc) is 2.87. The standard InChI is InChI=1S/C27H29N3O4/c1-33-24-15-19-12-14-30(17-20(19)16-25(24)34-2)13-11-18-7-9-21(10-8-18)29-27(32)23-6-4-3-5-22(23)26(28)31/h3-10,15-16H,11-14,17H2,1-2H3,(H2,28,31)(H,29,32). The Balaban J connectivity index is 1.34. The predicted molar refractivity (Wildman–Crippen MR) is 132 cm³/mol. The highest BCUT2D eigenvalue weighted by molar-refractivity contribution is 6.11. The molecule has 34 heavy (non-hydrogen) atoms. The molecule has 1 aliphatic heterocycles. The SMILES string of the molecule is COc1cc2c(cc1OC)CN(CCc1ccc(NC(=O)c3ccccc3C(N)=O)cc1)CC2. The second kappa shape index (κ2) is 10.4. The summed E-state index contributed by atoms with van der Waals surface area (Å²) in [5.41, 5.74) is 10.3. The Morgan fingerprint density at radius 1 is 0.941 bits per heavy atom. The van der Waals surface area contributed by atoms with Crippen LogP contribution in [0.5, 0.6) is 11.5 Å². The molecule has 176 valence electrons. The number of amides is 2. The average molecular weight is 460 g/mol. The number of nitrogens with zero attached hydrogens (tertiary/aromatic N) is 1. The minimum Gasteiger partial charge on any atom is -0.493 e. The first-order valence-corrected chi connectivity index (χ1v) is 11.2. The van der Waals surface area contributed by atoms with E-state index in [1.807, 2.05) is 24.3 Å². The number of benzene rings is 3. The van der Waals surface area contributed by atoms with Crippen LogP contribution in [0.15, 0.2) is 60.7 Å². The fraction of sp³-hybridized carbons (Fsp3) is 0.259. The van der Waals surface area contributed by atoms with Gasteiger partial charge in [-0.1, -0.05) is 24.3 Å². The molecule has 1 heterocycles. The van der Waals surface area contributed by atoms with E-state index in [0.717, 1.165) is 44.0 Å². The molecule has 0 aliphatic carbocycles. The number of carbonyl (C=O) groups is 2. The van der Waals surface area contributed by atoms with Gasteiger partial charge in [0.1, 0.15) is 0 Å². The first kappa shape index (κ1) is 23.3. The molecular formula is C27H29N3O4. The molecule has 4 rings (SSSR count). The minimum atomic E-state index is -0.626. The highest BCUT2D eigenvalue weighted by atomic mass is 16.5. The van der Waals surface area contributed by atoms with Crippen LogP contribution in [0.4, 0.5) is 5.69 Å². The maximum Gasteiger partial charge on any atom is 0.256 e. The fourth-order valence-corrected chi connectivity index (χ4v) is 4.27.